The number of ether oxygens (including phenoxy) is 5. The number of piperazine rings is 1. The van der Waals surface area contributed by atoms with Gasteiger partial charge in [-0.15, -0.1) is 0 Å². The molecule has 4 aromatic rings. The van der Waals surface area contributed by atoms with Crippen LogP contribution in [0.4, 0.5) is 4.79 Å². The maximum absolute atomic E-state index is 16.0. The minimum atomic E-state index is -1.50. The average molecular weight is 1050 g/mol. The molecular formula is C53H64Br2N2O10. The molecule has 2 saturated carbocycles. The highest BCUT2D eigenvalue weighted by molar-refractivity contribution is 9.11. The highest BCUT2D eigenvalue weighted by Gasteiger charge is 2.52. The quantitative estimate of drug-likeness (QED) is 0.118. The highest BCUT2D eigenvalue weighted by atomic mass is 79.9. The maximum atomic E-state index is 16.0. The number of halogens is 2. The third-order valence-corrected chi connectivity index (χ3v) is 14.5. The van der Waals surface area contributed by atoms with E-state index in [2.05, 4.69) is 31.9 Å². The van der Waals surface area contributed by atoms with Crippen LogP contribution < -0.4 is 18.9 Å². The zero-order valence-corrected chi connectivity index (χ0v) is 42.4. The molecule has 1 heterocycles. The molecule has 14 heteroatoms. The summed E-state index contributed by atoms with van der Waals surface area (Å²) >= 11 is 7.43. The van der Waals surface area contributed by atoms with Crippen LogP contribution in [0.25, 0.3) is 0 Å². The molecule has 2 amide bonds. The van der Waals surface area contributed by atoms with Gasteiger partial charge >= 0.3 is 6.09 Å². The predicted octanol–water partition coefficient (Wildman–Crippen LogP) is 10.7. The maximum Gasteiger partial charge on any atom is 0.410 e. The van der Waals surface area contributed by atoms with Crippen LogP contribution in [0.15, 0.2) is 93.9 Å². The zero-order chi connectivity index (χ0) is 47.9. The Labute approximate surface area is 411 Å². The predicted molar refractivity (Wildman–Crippen MR) is 263 cm³/mol. The van der Waals surface area contributed by atoms with Gasteiger partial charge in [-0.25, -0.2) is 4.79 Å². The van der Waals surface area contributed by atoms with Crippen molar-refractivity contribution in [2.24, 2.45) is 0 Å². The van der Waals surface area contributed by atoms with Gasteiger partial charge in [0.15, 0.2) is 28.8 Å². The number of benzene rings is 4. The van der Waals surface area contributed by atoms with Crippen molar-refractivity contribution in [3.05, 3.63) is 116 Å². The molecule has 1 aliphatic heterocycles. The number of carbonyl (C=O) groups is 3. The first-order valence-corrected chi connectivity index (χ1v) is 25.0. The third-order valence-electron chi connectivity index (χ3n) is 13.3. The lowest BCUT2D eigenvalue weighted by atomic mass is 9.69. The Balaban J connectivity index is 1.31. The van der Waals surface area contributed by atoms with Crippen molar-refractivity contribution in [3.8, 4) is 23.0 Å². The zero-order valence-electron chi connectivity index (χ0n) is 39.2. The van der Waals surface area contributed by atoms with Gasteiger partial charge < -0.3 is 43.7 Å². The van der Waals surface area contributed by atoms with Crippen LogP contribution in [0, 0.1) is 0 Å². The number of rotatable bonds is 15. The van der Waals surface area contributed by atoms with Crippen LogP contribution >= 0.6 is 31.9 Å². The number of hydrogen-bond donors (Lipinski definition) is 2. The van der Waals surface area contributed by atoms with Crippen LogP contribution in [0.2, 0.25) is 0 Å². The van der Waals surface area contributed by atoms with Gasteiger partial charge in [-0.3, -0.25) is 9.59 Å². The van der Waals surface area contributed by atoms with Crippen molar-refractivity contribution in [1.82, 2.24) is 9.80 Å². The minimum absolute atomic E-state index is 0.0257. The minimum Gasteiger partial charge on any atom is -0.493 e. The Morgan fingerprint density at radius 2 is 1.12 bits per heavy atom. The highest BCUT2D eigenvalue weighted by Crippen LogP contribution is 2.49. The fraction of sp³-hybridized carbons (Fsp3) is 0.491. The van der Waals surface area contributed by atoms with E-state index in [1.807, 2.05) is 60.7 Å². The molecule has 0 radical (unpaired) electrons. The number of ketones is 1. The lowest BCUT2D eigenvalue weighted by molar-refractivity contribution is -0.154. The number of carbonyl (C=O) groups excluding carboxylic acids is 3. The topological polar surface area (TPSA) is 144 Å². The molecule has 12 nitrogen and oxygen atoms in total. The molecule has 67 heavy (non-hydrogen) atoms. The summed E-state index contributed by atoms with van der Waals surface area (Å²) in [5, 5.41) is 25.5. The van der Waals surface area contributed by atoms with E-state index in [-0.39, 0.29) is 32.8 Å². The van der Waals surface area contributed by atoms with Gasteiger partial charge in [0.05, 0.1) is 52.7 Å². The van der Waals surface area contributed by atoms with Crippen molar-refractivity contribution in [3.63, 3.8) is 0 Å². The SMILES string of the molecule is COc1cc(C(C(=O)C2CN(C(=O)OC(C)(C)C)CCN2C(=O)C(c2cc(Br)c(OCc3ccccc3)c(OC)c2)C2(O)CCCCC2)C2(O)CCCCC2)cc(Br)c1OCc1ccccc1. The number of Topliss-reactive ketones (excluding diaryl/α,β-unsaturated/α-hetero) is 1. The summed E-state index contributed by atoms with van der Waals surface area (Å²) in [6, 6.07) is 25.3. The van der Waals surface area contributed by atoms with Gasteiger partial charge in [-0.1, -0.05) is 99.2 Å². The molecule has 3 atom stereocenters. The largest absolute Gasteiger partial charge is 0.493 e. The van der Waals surface area contributed by atoms with E-state index in [4.69, 9.17) is 23.7 Å². The van der Waals surface area contributed by atoms with Crippen LogP contribution in [0.3, 0.4) is 0 Å². The normalized spacial score (nSPS) is 19.1. The first-order chi connectivity index (χ1) is 32.0. The van der Waals surface area contributed by atoms with Crippen molar-refractivity contribution < 1.29 is 48.3 Å². The van der Waals surface area contributed by atoms with E-state index in [1.54, 1.807) is 45.0 Å². The fourth-order valence-corrected chi connectivity index (χ4v) is 11.2. The van der Waals surface area contributed by atoms with E-state index >= 15 is 9.59 Å². The van der Waals surface area contributed by atoms with Gasteiger partial charge in [0, 0.05) is 13.1 Å². The summed E-state index contributed by atoms with van der Waals surface area (Å²) in [5.41, 5.74) is -0.908. The molecule has 0 bridgehead atoms. The Morgan fingerprint density at radius 3 is 1.57 bits per heavy atom. The van der Waals surface area contributed by atoms with Crippen molar-refractivity contribution in [1.29, 1.82) is 0 Å². The molecule has 3 fully saturated rings. The molecule has 3 unspecified atom stereocenters. The average Bonchev–Trinajstić information content (AvgIpc) is 3.30. The van der Waals surface area contributed by atoms with Crippen molar-refractivity contribution in [2.75, 3.05) is 33.9 Å². The lowest BCUT2D eigenvalue weighted by Gasteiger charge is -2.47. The summed E-state index contributed by atoms with van der Waals surface area (Å²) in [5.74, 6) is -1.56. The van der Waals surface area contributed by atoms with E-state index in [0.717, 1.165) is 24.0 Å². The van der Waals surface area contributed by atoms with E-state index in [1.165, 1.54) is 24.0 Å². The standard InChI is InChI=1S/C53H64Br2N2O10/c1-51(2,3)67-50(60)56-26-27-57(49(59)45(53(62)24-16-9-17-25-53)38-29-40(55)48(43(31-38)64-5)66-34-36-20-12-7-13-21-36)41(32-56)46(58)44(52(61)22-14-8-15-23-52)37-28-39(54)47(42(30-37)63-4)65-33-35-18-10-6-11-19-35/h6-7,10-13,18-21,28-31,41,44-45,61-62H,8-9,14-17,22-27,32-34H2,1-5H3. The fourth-order valence-electron chi connectivity index (χ4n) is 10.0. The second kappa shape index (κ2) is 21.8. The molecule has 2 N–H and O–H groups in total. The van der Waals surface area contributed by atoms with Gasteiger partial charge in [0.1, 0.15) is 24.9 Å². The third kappa shape index (κ3) is 11.8. The van der Waals surface area contributed by atoms with Crippen molar-refractivity contribution in [2.45, 2.75) is 133 Å². The molecule has 4 aromatic carbocycles. The number of amides is 2. The molecular weight excluding hydrogens is 984 g/mol. The molecule has 360 valence electrons. The van der Waals surface area contributed by atoms with Crippen LogP contribution in [-0.4, -0.2) is 94.5 Å². The van der Waals surface area contributed by atoms with Crippen LogP contribution in [0.1, 0.15) is 119 Å². The Bertz CT molecular complexity index is 2340. The molecule has 0 aromatic heterocycles. The van der Waals surface area contributed by atoms with Crippen molar-refractivity contribution >= 4 is 49.6 Å². The van der Waals surface area contributed by atoms with Crippen LogP contribution in [0.5, 0.6) is 23.0 Å². The monoisotopic (exact) mass is 1050 g/mol. The molecule has 7 rings (SSSR count). The molecule has 3 aliphatic rings. The second-order valence-electron chi connectivity index (χ2n) is 19.2. The van der Waals surface area contributed by atoms with Gasteiger partial charge in [-0.2, -0.15) is 0 Å². The summed E-state index contributed by atoms with van der Waals surface area (Å²) in [4.78, 5) is 48.6. The number of methoxy groups -OCH3 is 2. The number of hydrogen-bond acceptors (Lipinski definition) is 10. The first kappa shape index (κ1) is 50.3. The van der Waals surface area contributed by atoms with E-state index in [0.29, 0.717) is 94.4 Å². The summed E-state index contributed by atoms with van der Waals surface area (Å²) in [6.45, 7) is 5.74. The number of aliphatic hydroxyl groups is 2. The van der Waals surface area contributed by atoms with E-state index < -0.39 is 52.5 Å². The second-order valence-corrected chi connectivity index (χ2v) is 20.9. The summed E-state index contributed by atoms with van der Waals surface area (Å²) < 4.78 is 31.3. The smallest absolute Gasteiger partial charge is 0.410 e. The van der Waals surface area contributed by atoms with Crippen LogP contribution in [-0.2, 0) is 27.5 Å². The van der Waals surface area contributed by atoms with Gasteiger partial charge in [0.25, 0.3) is 0 Å². The summed E-state index contributed by atoms with van der Waals surface area (Å²) in [6.07, 6.45) is 5.44. The Hall–Kier alpha value is -4.63. The van der Waals surface area contributed by atoms with E-state index in [9.17, 15) is 15.0 Å². The lowest BCUT2D eigenvalue weighted by Crippen LogP contribution is -2.63. The molecule has 2 aliphatic carbocycles. The first-order valence-electron chi connectivity index (χ1n) is 23.4. The summed E-state index contributed by atoms with van der Waals surface area (Å²) in [7, 11) is 3.06. The molecule has 1 saturated heterocycles. The molecule has 0 spiro atoms. The van der Waals surface area contributed by atoms with Gasteiger partial charge in [0.2, 0.25) is 5.91 Å². The Morgan fingerprint density at radius 1 is 0.672 bits per heavy atom. The Kier molecular flexibility index (Phi) is 16.3. The van der Waals surface area contributed by atoms with Gasteiger partial charge in [-0.05, 0) is 125 Å². The number of nitrogens with zero attached hydrogens (tertiary/aromatic N) is 2.